The van der Waals surface area contributed by atoms with Crippen molar-refractivity contribution in [2.45, 2.75) is 12.5 Å². The first-order valence-corrected chi connectivity index (χ1v) is 11.7. The molecule has 0 saturated carbocycles. The minimum Gasteiger partial charge on any atom is -0.338 e. The number of benzene rings is 2. The van der Waals surface area contributed by atoms with Crippen molar-refractivity contribution in [2.24, 2.45) is 0 Å². The number of carbonyl (C=O) groups is 3. The van der Waals surface area contributed by atoms with Crippen LogP contribution in [0.3, 0.4) is 0 Å². The largest absolute Gasteiger partial charge is 0.338 e. The fraction of sp³-hybridized carbons (Fsp3) is 0.208. The molecule has 1 unspecified atom stereocenters. The number of amides is 3. The summed E-state index contributed by atoms with van der Waals surface area (Å²) in [5.74, 6) is -1.24. The van der Waals surface area contributed by atoms with Crippen molar-refractivity contribution in [3.05, 3.63) is 75.2 Å². The van der Waals surface area contributed by atoms with Gasteiger partial charge in [0.15, 0.2) is 0 Å². The average molecular weight is 484 g/mol. The molecule has 0 spiro atoms. The van der Waals surface area contributed by atoms with Crippen LogP contribution in [0.25, 0.3) is 11.1 Å². The van der Waals surface area contributed by atoms with Crippen LogP contribution in [0.2, 0.25) is 5.02 Å². The molecule has 2 aliphatic rings. The highest BCUT2D eigenvalue weighted by molar-refractivity contribution is 7.08. The van der Waals surface area contributed by atoms with Crippen molar-refractivity contribution in [1.29, 1.82) is 0 Å². The Bertz CT molecular complexity index is 1260. The number of fused-ring (bicyclic) bond motifs is 2. The van der Waals surface area contributed by atoms with Crippen LogP contribution in [0.4, 0.5) is 10.1 Å². The van der Waals surface area contributed by atoms with Gasteiger partial charge in [0.05, 0.1) is 24.2 Å². The van der Waals surface area contributed by atoms with Gasteiger partial charge in [0, 0.05) is 23.7 Å². The van der Waals surface area contributed by atoms with Gasteiger partial charge < -0.3 is 15.1 Å². The summed E-state index contributed by atoms with van der Waals surface area (Å²) in [4.78, 5) is 42.2. The first-order valence-electron chi connectivity index (χ1n) is 10.4. The number of anilines is 1. The number of nitrogens with zero attached hydrogens (tertiary/aromatic N) is 2. The maximum Gasteiger partial charge on any atom is 0.256 e. The molecule has 0 radical (unpaired) electrons. The summed E-state index contributed by atoms with van der Waals surface area (Å²) in [5, 5.41) is 6.93. The highest BCUT2D eigenvalue weighted by Crippen LogP contribution is 2.32. The van der Waals surface area contributed by atoms with Crippen LogP contribution >= 0.6 is 22.9 Å². The molecule has 2 aromatic carbocycles. The summed E-state index contributed by atoms with van der Waals surface area (Å²) >= 11 is 7.38. The highest BCUT2D eigenvalue weighted by atomic mass is 35.5. The van der Waals surface area contributed by atoms with Crippen molar-refractivity contribution in [3.63, 3.8) is 0 Å². The van der Waals surface area contributed by atoms with Crippen LogP contribution in [0.5, 0.6) is 0 Å². The van der Waals surface area contributed by atoms with Crippen molar-refractivity contribution in [3.8, 4) is 11.1 Å². The number of carbonyl (C=O) groups excluding carboxylic acids is 3. The van der Waals surface area contributed by atoms with E-state index in [-0.39, 0.29) is 47.8 Å². The lowest BCUT2D eigenvalue weighted by Gasteiger charge is -2.39. The van der Waals surface area contributed by atoms with Gasteiger partial charge in [-0.3, -0.25) is 14.4 Å². The Balaban J connectivity index is 1.41. The molecule has 0 bridgehead atoms. The van der Waals surface area contributed by atoms with Gasteiger partial charge in [-0.25, -0.2) is 4.39 Å². The first kappa shape index (κ1) is 21.6. The lowest BCUT2D eigenvalue weighted by atomic mass is 10.0. The summed E-state index contributed by atoms with van der Waals surface area (Å²) in [6.45, 7) is 0.720. The third-order valence-electron chi connectivity index (χ3n) is 5.98. The molecule has 6 nitrogen and oxygen atoms in total. The van der Waals surface area contributed by atoms with Gasteiger partial charge in [-0.15, -0.1) is 0 Å². The summed E-state index contributed by atoms with van der Waals surface area (Å²) in [6, 6.07) is 10.3. The van der Waals surface area contributed by atoms with Gasteiger partial charge in [-0.2, -0.15) is 11.3 Å². The Morgan fingerprint density at radius 3 is 2.73 bits per heavy atom. The Morgan fingerprint density at radius 2 is 1.97 bits per heavy atom. The van der Waals surface area contributed by atoms with Crippen LogP contribution < -0.4 is 5.32 Å². The van der Waals surface area contributed by atoms with Gasteiger partial charge >= 0.3 is 0 Å². The molecule has 168 valence electrons. The van der Waals surface area contributed by atoms with E-state index in [0.29, 0.717) is 23.4 Å². The summed E-state index contributed by atoms with van der Waals surface area (Å²) in [5.41, 5.74) is 2.41. The molecule has 9 heteroatoms. The Labute approximate surface area is 198 Å². The number of thiophene rings is 1. The lowest BCUT2D eigenvalue weighted by molar-refractivity contribution is -0.135. The molecule has 1 saturated heterocycles. The van der Waals surface area contributed by atoms with E-state index in [1.807, 2.05) is 16.8 Å². The van der Waals surface area contributed by atoms with Crippen LogP contribution in [-0.2, 0) is 16.0 Å². The predicted octanol–water partition coefficient (Wildman–Crippen LogP) is 4.06. The molecule has 3 aromatic rings. The van der Waals surface area contributed by atoms with Crippen molar-refractivity contribution in [2.75, 3.05) is 25.0 Å². The minimum absolute atomic E-state index is 0.0736. The number of nitrogens with one attached hydrogen (secondary N) is 1. The van der Waals surface area contributed by atoms with Crippen molar-refractivity contribution >= 4 is 46.3 Å². The van der Waals surface area contributed by atoms with Gasteiger partial charge in [-0.1, -0.05) is 17.7 Å². The van der Waals surface area contributed by atoms with Crippen LogP contribution in [0, 0.1) is 5.82 Å². The van der Waals surface area contributed by atoms with E-state index in [1.165, 1.54) is 22.3 Å². The third kappa shape index (κ3) is 4.12. The van der Waals surface area contributed by atoms with Gasteiger partial charge in [0.1, 0.15) is 11.9 Å². The van der Waals surface area contributed by atoms with Crippen molar-refractivity contribution in [1.82, 2.24) is 9.80 Å². The Hall–Kier alpha value is -3.23. The molecule has 1 N–H and O–H groups in total. The molecule has 5 rings (SSSR count). The normalized spacial score (nSPS) is 17.8. The SMILES string of the molecule is O=C1Nc2ccc(-c3ccc(Cl)cc3F)cc2C(=O)N2CCN(C(=O)Cc3ccsc3)CC12. The Morgan fingerprint density at radius 1 is 1.12 bits per heavy atom. The number of hydrogen-bond donors (Lipinski definition) is 1. The van der Waals surface area contributed by atoms with E-state index >= 15 is 0 Å². The first-order chi connectivity index (χ1) is 15.9. The van der Waals surface area contributed by atoms with Gasteiger partial charge in [-0.05, 0) is 58.3 Å². The van der Waals surface area contributed by atoms with E-state index in [2.05, 4.69) is 5.32 Å². The lowest BCUT2D eigenvalue weighted by Crippen LogP contribution is -2.59. The van der Waals surface area contributed by atoms with E-state index in [9.17, 15) is 18.8 Å². The maximum absolute atomic E-state index is 14.4. The van der Waals surface area contributed by atoms with Crippen LogP contribution in [0.1, 0.15) is 15.9 Å². The van der Waals surface area contributed by atoms with Gasteiger partial charge in [0.2, 0.25) is 11.8 Å². The van der Waals surface area contributed by atoms with E-state index in [4.69, 9.17) is 11.6 Å². The molecular formula is C24H19ClFN3O3S. The Kier molecular flexibility index (Phi) is 5.64. The zero-order chi connectivity index (χ0) is 23.1. The number of piperazine rings is 1. The summed E-state index contributed by atoms with van der Waals surface area (Å²) in [6.07, 6.45) is 0.266. The second-order valence-electron chi connectivity index (χ2n) is 8.04. The highest BCUT2D eigenvalue weighted by Gasteiger charge is 2.40. The third-order valence-corrected chi connectivity index (χ3v) is 6.95. The standard InChI is InChI=1S/C24H19ClFN3O3S/c25-16-2-3-17(19(26)11-16)15-1-4-20-18(10-15)24(32)29-7-6-28(12-21(29)23(31)27-20)22(30)9-14-5-8-33-13-14/h1-5,8,10-11,13,21H,6-7,9,12H2,(H,27,31). The average Bonchev–Trinajstić information content (AvgIpc) is 3.28. The quantitative estimate of drug-likeness (QED) is 0.611. The number of halogens is 2. The molecule has 3 amide bonds. The summed E-state index contributed by atoms with van der Waals surface area (Å²) < 4.78 is 14.4. The van der Waals surface area contributed by atoms with Crippen LogP contribution in [-0.4, -0.2) is 53.2 Å². The fourth-order valence-electron chi connectivity index (χ4n) is 4.25. The van der Waals surface area contributed by atoms with E-state index in [0.717, 1.165) is 5.56 Å². The second kappa shape index (κ2) is 8.61. The molecule has 33 heavy (non-hydrogen) atoms. The molecule has 1 fully saturated rings. The molecule has 1 atom stereocenters. The zero-order valence-electron chi connectivity index (χ0n) is 17.4. The topological polar surface area (TPSA) is 69.7 Å². The molecule has 0 aliphatic carbocycles. The smallest absolute Gasteiger partial charge is 0.256 e. The maximum atomic E-state index is 14.4. The molecule has 1 aromatic heterocycles. The minimum atomic E-state index is -0.791. The van der Waals surface area contributed by atoms with E-state index in [1.54, 1.807) is 35.2 Å². The monoisotopic (exact) mass is 483 g/mol. The molecule has 2 aliphatic heterocycles. The van der Waals surface area contributed by atoms with Crippen LogP contribution in [0.15, 0.2) is 53.2 Å². The predicted molar refractivity (Wildman–Crippen MR) is 125 cm³/mol. The number of hydrogen-bond acceptors (Lipinski definition) is 4. The fourth-order valence-corrected chi connectivity index (χ4v) is 5.08. The number of rotatable bonds is 3. The van der Waals surface area contributed by atoms with Gasteiger partial charge in [0.25, 0.3) is 5.91 Å². The second-order valence-corrected chi connectivity index (χ2v) is 9.25. The zero-order valence-corrected chi connectivity index (χ0v) is 19.0. The summed E-state index contributed by atoms with van der Waals surface area (Å²) in [7, 11) is 0. The van der Waals surface area contributed by atoms with E-state index < -0.39 is 11.9 Å². The van der Waals surface area contributed by atoms with Crippen molar-refractivity contribution < 1.29 is 18.8 Å². The molecular weight excluding hydrogens is 465 g/mol. The molecule has 3 heterocycles.